The van der Waals surface area contributed by atoms with E-state index < -0.39 is 4.92 Å². The minimum Gasteiger partial charge on any atom is -0.489 e. The number of nitrogens with zero attached hydrogens (tertiary/aromatic N) is 3. The van der Waals surface area contributed by atoms with Crippen LogP contribution in [0.15, 0.2) is 41.8 Å². The van der Waals surface area contributed by atoms with E-state index in [1.807, 2.05) is 32.2 Å². The van der Waals surface area contributed by atoms with Gasteiger partial charge >= 0.3 is 0 Å². The SMILES string of the molecule is Cc1cc(NC(=O)c2cc(COc3ccc([N+](=O)[O-])cc3)cs2)n(C(C)C)n1. The predicted octanol–water partition coefficient (Wildman–Crippen LogP) is 4.57. The summed E-state index contributed by atoms with van der Waals surface area (Å²) in [4.78, 5) is 23.3. The molecule has 0 spiro atoms. The Morgan fingerprint density at radius 3 is 2.68 bits per heavy atom. The molecule has 3 aromatic rings. The van der Waals surface area contributed by atoms with E-state index in [-0.39, 0.29) is 24.2 Å². The summed E-state index contributed by atoms with van der Waals surface area (Å²) in [5.41, 5.74) is 1.70. The number of hydrogen-bond acceptors (Lipinski definition) is 6. The number of nitro groups is 1. The Bertz CT molecular complexity index is 992. The summed E-state index contributed by atoms with van der Waals surface area (Å²) in [7, 11) is 0. The molecule has 28 heavy (non-hydrogen) atoms. The van der Waals surface area contributed by atoms with Crippen LogP contribution in [0.2, 0.25) is 0 Å². The van der Waals surface area contributed by atoms with Gasteiger partial charge < -0.3 is 10.1 Å². The molecule has 0 saturated carbocycles. The summed E-state index contributed by atoms with van der Waals surface area (Å²) in [6.45, 7) is 6.15. The molecule has 9 heteroatoms. The second kappa shape index (κ2) is 8.22. The summed E-state index contributed by atoms with van der Waals surface area (Å²) >= 11 is 1.33. The lowest BCUT2D eigenvalue weighted by Crippen LogP contribution is -2.15. The quantitative estimate of drug-likeness (QED) is 0.462. The molecule has 146 valence electrons. The van der Waals surface area contributed by atoms with E-state index >= 15 is 0 Å². The lowest BCUT2D eigenvalue weighted by atomic mass is 10.3. The Balaban J connectivity index is 1.62. The molecule has 0 aliphatic heterocycles. The number of carbonyl (C=O) groups is 1. The van der Waals surface area contributed by atoms with Crippen molar-refractivity contribution in [1.82, 2.24) is 9.78 Å². The minimum absolute atomic E-state index is 0.0118. The van der Waals surface area contributed by atoms with Gasteiger partial charge in [-0.25, -0.2) is 4.68 Å². The second-order valence-electron chi connectivity index (χ2n) is 6.52. The van der Waals surface area contributed by atoms with E-state index in [0.717, 1.165) is 11.3 Å². The van der Waals surface area contributed by atoms with Gasteiger partial charge in [-0.3, -0.25) is 14.9 Å². The number of benzene rings is 1. The molecule has 1 N–H and O–H groups in total. The van der Waals surface area contributed by atoms with Crippen molar-refractivity contribution in [3.63, 3.8) is 0 Å². The van der Waals surface area contributed by atoms with Crippen molar-refractivity contribution in [3.05, 3.63) is 68.0 Å². The monoisotopic (exact) mass is 400 g/mol. The topological polar surface area (TPSA) is 99.3 Å². The van der Waals surface area contributed by atoms with Crippen molar-refractivity contribution in [2.45, 2.75) is 33.4 Å². The molecule has 0 unspecified atom stereocenters. The molecule has 0 fully saturated rings. The van der Waals surface area contributed by atoms with Crippen molar-refractivity contribution in [3.8, 4) is 5.75 Å². The fourth-order valence-electron chi connectivity index (χ4n) is 2.58. The number of non-ortho nitro benzene ring substituents is 1. The van der Waals surface area contributed by atoms with Crippen LogP contribution in [0, 0.1) is 17.0 Å². The largest absolute Gasteiger partial charge is 0.489 e. The van der Waals surface area contributed by atoms with Gasteiger partial charge in [0.15, 0.2) is 0 Å². The Kier molecular flexibility index (Phi) is 5.74. The van der Waals surface area contributed by atoms with Gasteiger partial charge in [-0.2, -0.15) is 5.10 Å². The number of nitrogens with one attached hydrogen (secondary N) is 1. The Morgan fingerprint density at radius 1 is 1.32 bits per heavy atom. The first-order chi connectivity index (χ1) is 13.3. The highest BCUT2D eigenvalue weighted by atomic mass is 32.1. The fourth-order valence-corrected chi connectivity index (χ4v) is 3.37. The molecule has 0 aliphatic rings. The van der Waals surface area contributed by atoms with E-state index in [0.29, 0.717) is 16.4 Å². The van der Waals surface area contributed by atoms with Gasteiger partial charge in [0.2, 0.25) is 0 Å². The number of nitro benzene ring substituents is 1. The zero-order valence-electron chi connectivity index (χ0n) is 15.7. The van der Waals surface area contributed by atoms with E-state index in [4.69, 9.17) is 4.74 Å². The van der Waals surface area contributed by atoms with Gasteiger partial charge in [0.25, 0.3) is 11.6 Å². The fraction of sp³-hybridized carbons (Fsp3) is 0.263. The number of carbonyl (C=O) groups excluding carboxylic acids is 1. The third kappa shape index (κ3) is 4.55. The van der Waals surface area contributed by atoms with Gasteiger partial charge in [0.1, 0.15) is 18.2 Å². The van der Waals surface area contributed by atoms with Crippen molar-refractivity contribution < 1.29 is 14.5 Å². The van der Waals surface area contributed by atoms with Crippen LogP contribution in [0.4, 0.5) is 11.5 Å². The highest BCUT2D eigenvalue weighted by Crippen LogP contribution is 2.22. The standard InChI is InChI=1S/C19H20N4O4S/c1-12(2)22-18(8-13(3)21-22)20-19(24)17-9-14(11-28-17)10-27-16-6-4-15(5-7-16)23(25)26/h4-9,11-12H,10H2,1-3H3,(H,20,24). The molecular weight excluding hydrogens is 380 g/mol. The number of thiophene rings is 1. The molecular formula is C19H20N4O4S. The normalized spacial score (nSPS) is 10.9. The maximum atomic E-state index is 12.5. The van der Waals surface area contributed by atoms with Crippen LogP contribution in [-0.4, -0.2) is 20.6 Å². The summed E-state index contributed by atoms with van der Waals surface area (Å²) in [6, 6.07) is 9.63. The summed E-state index contributed by atoms with van der Waals surface area (Å²) in [5, 5.41) is 19.8. The number of anilines is 1. The number of ether oxygens (including phenoxy) is 1. The molecule has 3 rings (SSSR count). The van der Waals surface area contributed by atoms with Crippen LogP contribution in [0.5, 0.6) is 5.75 Å². The third-order valence-corrected chi connectivity index (χ3v) is 4.90. The number of aryl methyl sites for hydroxylation is 1. The maximum Gasteiger partial charge on any atom is 0.269 e. The second-order valence-corrected chi connectivity index (χ2v) is 7.43. The van der Waals surface area contributed by atoms with Gasteiger partial charge in [-0.05, 0) is 44.4 Å². The molecule has 0 aliphatic carbocycles. The van der Waals surface area contributed by atoms with Crippen LogP contribution in [-0.2, 0) is 6.61 Å². The van der Waals surface area contributed by atoms with Crippen LogP contribution in [0.3, 0.4) is 0 Å². The molecule has 0 saturated heterocycles. The average molecular weight is 400 g/mol. The van der Waals surface area contributed by atoms with Crippen molar-refractivity contribution in [1.29, 1.82) is 0 Å². The van der Waals surface area contributed by atoms with Crippen molar-refractivity contribution >= 4 is 28.7 Å². The average Bonchev–Trinajstić information content (AvgIpc) is 3.27. The summed E-state index contributed by atoms with van der Waals surface area (Å²) in [5.74, 6) is 0.988. The number of aromatic nitrogens is 2. The summed E-state index contributed by atoms with van der Waals surface area (Å²) in [6.07, 6.45) is 0. The maximum absolute atomic E-state index is 12.5. The van der Waals surface area contributed by atoms with E-state index in [2.05, 4.69) is 10.4 Å². The van der Waals surface area contributed by atoms with Crippen molar-refractivity contribution in [2.24, 2.45) is 0 Å². The zero-order chi connectivity index (χ0) is 20.3. The molecule has 1 amide bonds. The van der Waals surface area contributed by atoms with Gasteiger partial charge in [0, 0.05) is 29.8 Å². The first-order valence-corrected chi connectivity index (χ1v) is 9.53. The third-order valence-electron chi connectivity index (χ3n) is 3.92. The van der Waals surface area contributed by atoms with Gasteiger partial charge in [-0.15, -0.1) is 11.3 Å². The van der Waals surface area contributed by atoms with Crippen LogP contribution in [0.1, 0.15) is 40.8 Å². The predicted molar refractivity (Wildman–Crippen MR) is 107 cm³/mol. The number of hydrogen-bond donors (Lipinski definition) is 1. The van der Waals surface area contributed by atoms with E-state index in [9.17, 15) is 14.9 Å². The summed E-state index contributed by atoms with van der Waals surface area (Å²) < 4.78 is 7.41. The number of rotatable bonds is 7. The molecule has 2 heterocycles. The lowest BCUT2D eigenvalue weighted by molar-refractivity contribution is -0.384. The first-order valence-electron chi connectivity index (χ1n) is 8.65. The minimum atomic E-state index is -0.458. The zero-order valence-corrected chi connectivity index (χ0v) is 16.5. The highest BCUT2D eigenvalue weighted by molar-refractivity contribution is 7.12. The smallest absolute Gasteiger partial charge is 0.269 e. The Hall–Kier alpha value is -3.20. The molecule has 0 bridgehead atoms. The Morgan fingerprint density at radius 2 is 2.04 bits per heavy atom. The molecule has 2 aromatic heterocycles. The van der Waals surface area contributed by atoms with Gasteiger partial charge in [-0.1, -0.05) is 0 Å². The molecule has 0 atom stereocenters. The van der Waals surface area contributed by atoms with Crippen molar-refractivity contribution in [2.75, 3.05) is 5.32 Å². The molecule has 0 radical (unpaired) electrons. The van der Waals surface area contributed by atoms with Gasteiger partial charge in [0.05, 0.1) is 15.5 Å². The number of amides is 1. The molecule has 8 nitrogen and oxygen atoms in total. The Labute approximate surface area is 165 Å². The highest BCUT2D eigenvalue weighted by Gasteiger charge is 2.15. The van der Waals surface area contributed by atoms with E-state index in [1.54, 1.807) is 22.9 Å². The van der Waals surface area contributed by atoms with Crippen LogP contribution < -0.4 is 10.1 Å². The lowest BCUT2D eigenvalue weighted by Gasteiger charge is -2.11. The van der Waals surface area contributed by atoms with Crippen LogP contribution >= 0.6 is 11.3 Å². The molecule has 1 aromatic carbocycles. The van der Waals surface area contributed by atoms with Crippen LogP contribution in [0.25, 0.3) is 0 Å². The first kappa shape index (κ1) is 19.6. The van der Waals surface area contributed by atoms with E-state index in [1.165, 1.54) is 23.5 Å².